The van der Waals surface area contributed by atoms with Crippen LogP contribution in [0.15, 0.2) is 11.4 Å². The van der Waals surface area contributed by atoms with Crippen molar-refractivity contribution in [3.05, 3.63) is 6.33 Å². The SMILES string of the molecule is CCC(CC)N(CC(F)(F)F)S(=O)(=O)c1c(N)ncn1C. The Bertz CT molecular complexity index is 559. The van der Waals surface area contributed by atoms with Gasteiger partial charge in [0, 0.05) is 13.1 Å². The maximum atomic E-state index is 12.8. The van der Waals surface area contributed by atoms with E-state index in [1.165, 1.54) is 7.05 Å². The number of hydrogen-bond donors (Lipinski definition) is 1. The minimum absolute atomic E-state index is 0.267. The molecule has 0 aliphatic carbocycles. The average Bonchev–Trinajstić information content (AvgIpc) is 2.68. The molecule has 0 spiro atoms. The molecule has 10 heteroatoms. The van der Waals surface area contributed by atoms with Crippen molar-refractivity contribution < 1.29 is 21.6 Å². The van der Waals surface area contributed by atoms with E-state index in [1.807, 2.05) is 0 Å². The van der Waals surface area contributed by atoms with Crippen LogP contribution in [0.4, 0.5) is 19.0 Å². The highest BCUT2D eigenvalue weighted by Crippen LogP contribution is 2.28. The number of rotatable bonds is 6. The van der Waals surface area contributed by atoms with Gasteiger partial charge in [-0.25, -0.2) is 13.4 Å². The molecule has 0 unspecified atom stereocenters. The standard InChI is InChI=1S/C11H19F3N4O2S/c1-4-8(5-2)18(6-11(12,13)14)21(19,20)10-9(15)16-7-17(10)3/h7-8H,4-6,15H2,1-3H3. The molecular formula is C11H19F3N4O2S. The molecule has 21 heavy (non-hydrogen) atoms. The summed E-state index contributed by atoms with van der Waals surface area (Å²) in [7, 11) is -3.02. The van der Waals surface area contributed by atoms with Crippen molar-refractivity contribution in [2.24, 2.45) is 7.05 Å². The lowest BCUT2D eigenvalue weighted by Crippen LogP contribution is -2.45. The first-order valence-electron chi connectivity index (χ1n) is 6.40. The summed E-state index contributed by atoms with van der Waals surface area (Å²) < 4.78 is 64.9. The average molecular weight is 328 g/mol. The van der Waals surface area contributed by atoms with Crippen molar-refractivity contribution >= 4 is 15.8 Å². The molecule has 1 aromatic heterocycles. The quantitative estimate of drug-likeness (QED) is 0.862. The summed E-state index contributed by atoms with van der Waals surface area (Å²) in [6.07, 6.45) is -2.95. The predicted molar refractivity (Wildman–Crippen MR) is 71.9 cm³/mol. The van der Waals surface area contributed by atoms with Crippen molar-refractivity contribution in [1.82, 2.24) is 13.9 Å². The molecule has 0 atom stereocenters. The Balaban J connectivity index is 3.37. The number of alkyl halides is 3. The Morgan fingerprint density at radius 1 is 1.38 bits per heavy atom. The Morgan fingerprint density at radius 3 is 2.24 bits per heavy atom. The van der Waals surface area contributed by atoms with Crippen LogP contribution in [0.2, 0.25) is 0 Å². The first kappa shape index (κ1) is 17.8. The van der Waals surface area contributed by atoms with Gasteiger partial charge in [0.25, 0.3) is 10.0 Å². The van der Waals surface area contributed by atoms with E-state index in [2.05, 4.69) is 4.98 Å². The summed E-state index contributed by atoms with van der Waals surface area (Å²) in [5, 5.41) is -0.418. The van der Waals surface area contributed by atoms with Gasteiger partial charge in [-0.1, -0.05) is 13.8 Å². The summed E-state index contributed by atoms with van der Waals surface area (Å²) in [6, 6.07) is -0.758. The fourth-order valence-corrected chi connectivity index (χ4v) is 4.10. The van der Waals surface area contributed by atoms with Crippen LogP contribution in [0.1, 0.15) is 26.7 Å². The molecule has 0 aromatic carbocycles. The number of imidazole rings is 1. The fourth-order valence-electron chi connectivity index (χ4n) is 2.15. The van der Waals surface area contributed by atoms with E-state index in [9.17, 15) is 21.6 Å². The number of hydrogen-bond acceptors (Lipinski definition) is 4. The molecular weight excluding hydrogens is 309 g/mol. The minimum atomic E-state index is -4.64. The van der Waals surface area contributed by atoms with Crippen LogP contribution in [0.3, 0.4) is 0 Å². The fraction of sp³-hybridized carbons (Fsp3) is 0.727. The van der Waals surface area contributed by atoms with Gasteiger partial charge >= 0.3 is 6.18 Å². The molecule has 2 N–H and O–H groups in total. The van der Waals surface area contributed by atoms with Crippen molar-refractivity contribution in [1.29, 1.82) is 0 Å². The van der Waals surface area contributed by atoms with Gasteiger partial charge in [-0.05, 0) is 12.8 Å². The van der Waals surface area contributed by atoms with Crippen LogP contribution >= 0.6 is 0 Å². The van der Waals surface area contributed by atoms with Crippen LogP contribution in [-0.2, 0) is 17.1 Å². The lowest BCUT2D eigenvalue weighted by atomic mass is 10.2. The third-order valence-electron chi connectivity index (χ3n) is 3.15. The molecule has 0 saturated carbocycles. The van der Waals surface area contributed by atoms with Crippen molar-refractivity contribution in [2.75, 3.05) is 12.3 Å². The lowest BCUT2D eigenvalue weighted by molar-refractivity contribution is -0.139. The molecule has 0 aliphatic heterocycles. The second kappa shape index (κ2) is 6.22. The van der Waals surface area contributed by atoms with Gasteiger partial charge in [0.2, 0.25) is 0 Å². The number of halogens is 3. The van der Waals surface area contributed by atoms with Crippen molar-refractivity contribution in [3.63, 3.8) is 0 Å². The maximum absolute atomic E-state index is 12.8. The molecule has 1 rings (SSSR count). The van der Waals surface area contributed by atoms with Gasteiger partial charge in [0.05, 0.1) is 6.33 Å². The Hall–Kier alpha value is -1.29. The summed E-state index contributed by atoms with van der Waals surface area (Å²) in [5.74, 6) is -0.310. The number of nitrogen functional groups attached to an aromatic ring is 1. The van der Waals surface area contributed by atoms with Gasteiger partial charge in [0.1, 0.15) is 6.54 Å². The number of aryl methyl sites for hydroxylation is 1. The van der Waals surface area contributed by atoms with E-state index in [-0.39, 0.29) is 18.7 Å². The highest BCUT2D eigenvalue weighted by molar-refractivity contribution is 7.89. The first-order valence-corrected chi connectivity index (χ1v) is 7.84. The predicted octanol–water partition coefficient (Wildman–Crippen LogP) is 1.74. The number of sulfonamides is 1. The van der Waals surface area contributed by atoms with Gasteiger partial charge < -0.3 is 10.3 Å². The highest BCUT2D eigenvalue weighted by Gasteiger charge is 2.41. The molecule has 0 bridgehead atoms. The monoisotopic (exact) mass is 328 g/mol. The van der Waals surface area contributed by atoms with Crippen molar-refractivity contribution in [2.45, 2.75) is 43.9 Å². The smallest absolute Gasteiger partial charge is 0.381 e. The molecule has 1 heterocycles. The Morgan fingerprint density at radius 2 is 1.90 bits per heavy atom. The number of anilines is 1. The zero-order chi connectivity index (χ0) is 16.4. The second-order valence-corrected chi connectivity index (χ2v) is 6.49. The van der Waals surface area contributed by atoms with E-state index >= 15 is 0 Å². The van der Waals surface area contributed by atoms with Crippen LogP contribution < -0.4 is 5.73 Å². The van der Waals surface area contributed by atoms with Crippen LogP contribution in [0, 0.1) is 0 Å². The number of aromatic nitrogens is 2. The zero-order valence-electron chi connectivity index (χ0n) is 12.1. The lowest BCUT2D eigenvalue weighted by Gasteiger charge is -2.30. The summed E-state index contributed by atoms with van der Waals surface area (Å²) in [5.41, 5.74) is 5.49. The third-order valence-corrected chi connectivity index (χ3v) is 5.18. The third kappa shape index (κ3) is 3.88. The van der Waals surface area contributed by atoms with Crippen molar-refractivity contribution in [3.8, 4) is 0 Å². The van der Waals surface area contributed by atoms with Gasteiger partial charge in [0.15, 0.2) is 10.8 Å². The minimum Gasteiger partial charge on any atom is -0.381 e. The highest BCUT2D eigenvalue weighted by atomic mass is 32.2. The Kier molecular flexibility index (Phi) is 5.26. The van der Waals surface area contributed by atoms with Crippen LogP contribution in [-0.4, -0.2) is 41.0 Å². The van der Waals surface area contributed by atoms with Gasteiger partial charge in [-0.3, -0.25) is 0 Å². The molecule has 0 radical (unpaired) electrons. The van der Waals surface area contributed by atoms with Crippen LogP contribution in [0.25, 0.3) is 0 Å². The number of nitrogens with two attached hydrogens (primary N) is 1. The van der Waals surface area contributed by atoms with E-state index in [0.717, 1.165) is 10.9 Å². The van der Waals surface area contributed by atoms with E-state index in [0.29, 0.717) is 4.31 Å². The molecule has 0 amide bonds. The molecule has 1 aromatic rings. The zero-order valence-corrected chi connectivity index (χ0v) is 12.9. The molecule has 0 fully saturated rings. The second-order valence-electron chi connectivity index (χ2n) is 4.68. The molecule has 0 aliphatic rings. The van der Waals surface area contributed by atoms with E-state index < -0.39 is 33.8 Å². The molecule has 0 saturated heterocycles. The summed E-state index contributed by atoms with van der Waals surface area (Å²) in [6.45, 7) is 1.73. The topological polar surface area (TPSA) is 81.2 Å². The maximum Gasteiger partial charge on any atom is 0.402 e. The molecule has 6 nitrogen and oxygen atoms in total. The number of nitrogens with zero attached hydrogens (tertiary/aromatic N) is 3. The normalized spacial score (nSPS) is 13.3. The van der Waals surface area contributed by atoms with E-state index in [4.69, 9.17) is 5.73 Å². The van der Waals surface area contributed by atoms with Crippen LogP contribution in [0.5, 0.6) is 0 Å². The van der Waals surface area contributed by atoms with E-state index in [1.54, 1.807) is 13.8 Å². The first-order chi connectivity index (χ1) is 9.54. The summed E-state index contributed by atoms with van der Waals surface area (Å²) in [4.78, 5) is 3.63. The molecule has 122 valence electrons. The van der Waals surface area contributed by atoms with Gasteiger partial charge in [-0.2, -0.15) is 17.5 Å². The summed E-state index contributed by atoms with van der Waals surface area (Å²) >= 11 is 0. The Labute approximate surface area is 121 Å². The van der Waals surface area contributed by atoms with Gasteiger partial charge in [-0.15, -0.1) is 0 Å². The largest absolute Gasteiger partial charge is 0.402 e.